The molecule has 0 atom stereocenters. The molecule has 5 heteroatoms. The smallest absolute Gasteiger partial charge is 0.222 e. The van der Waals surface area contributed by atoms with E-state index in [2.05, 4.69) is 10.8 Å². The summed E-state index contributed by atoms with van der Waals surface area (Å²) in [6.07, 6.45) is 8.57. The van der Waals surface area contributed by atoms with Crippen molar-refractivity contribution in [3.8, 4) is 5.92 Å². The Bertz CT molecular complexity index is 355. The molecule has 0 aromatic carbocycles. The number of piperazine rings is 1. The fourth-order valence-electron chi connectivity index (χ4n) is 2.13. The van der Waals surface area contributed by atoms with E-state index in [1.54, 1.807) is 0 Å². The zero-order chi connectivity index (χ0) is 14.3. The predicted molar refractivity (Wildman–Crippen MR) is 73.8 cm³/mol. The second-order valence-corrected chi connectivity index (χ2v) is 5.31. The molecule has 0 unspecified atom stereocenters. The van der Waals surface area contributed by atoms with Crippen LogP contribution >= 0.6 is 0 Å². The van der Waals surface area contributed by atoms with Gasteiger partial charge in [0.25, 0.3) is 0 Å². The van der Waals surface area contributed by atoms with Crippen molar-refractivity contribution in [2.75, 3.05) is 32.7 Å². The first-order chi connectivity index (χ1) is 9.04. The third kappa shape index (κ3) is 6.97. The summed E-state index contributed by atoms with van der Waals surface area (Å²) in [7, 11) is 0. The maximum atomic E-state index is 12.0. The van der Waals surface area contributed by atoms with Gasteiger partial charge in [0.2, 0.25) is 5.91 Å². The Balaban J connectivity index is 0.00000361. The van der Waals surface area contributed by atoms with Crippen molar-refractivity contribution in [3.63, 3.8) is 0 Å². The van der Waals surface area contributed by atoms with Gasteiger partial charge in [-0.15, -0.1) is 0 Å². The maximum Gasteiger partial charge on any atom is 0.222 e. The van der Waals surface area contributed by atoms with Crippen molar-refractivity contribution in [1.82, 2.24) is 9.80 Å². The maximum absolute atomic E-state index is 12.0. The molecule has 20 heavy (non-hydrogen) atoms. The van der Waals surface area contributed by atoms with Crippen molar-refractivity contribution in [2.45, 2.75) is 33.1 Å². The molecule has 1 fully saturated rings. The van der Waals surface area contributed by atoms with Gasteiger partial charge >= 0.3 is 0 Å². The molecular weight excluding hydrogens is 329 g/mol. The molecule has 1 aliphatic heterocycles. The fraction of sp³-hybridized carbons (Fsp3) is 0.733. The molecule has 0 N–H and O–H groups in total. The van der Waals surface area contributed by atoms with Gasteiger partial charge in [0.1, 0.15) is 5.78 Å². The van der Waals surface area contributed by atoms with Crippen molar-refractivity contribution in [2.24, 2.45) is 5.92 Å². The zero-order valence-electron chi connectivity index (χ0n) is 12.5. The Morgan fingerprint density at radius 2 is 1.75 bits per heavy atom. The molecule has 4 nitrogen and oxygen atoms in total. The van der Waals surface area contributed by atoms with Crippen LogP contribution in [-0.2, 0) is 42.3 Å². The van der Waals surface area contributed by atoms with E-state index in [9.17, 15) is 9.59 Å². The minimum Gasteiger partial charge on any atom is -0.692 e. The van der Waals surface area contributed by atoms with Crippen molar-refractivity contribution < 1.29 is 42.3 Å². The number of hydrogen-bond acceptors (Lipinski definition) is 3. The molecule has 1 saturated heterocycles. The van der Waals surface area contributed by atoms with E-state index in [1.807, 2.05) is 18.7 Å². The number of amides is 1. The number of rotatable bonds is 6. The van der Waals surface area contributed by atoms with Crippen LogP contribution in [0, 0.1) is 18.3 Å². The zero-order valence-corrected chi connectivity index (χ0v) is 15.4. The number of carbonyl (C=O) groups is 2. The summed E-state index contributed by atoms with van der Waals surface area (Å²) in [6, 6.07) is 0. The van der Waals surface area contributed by atoms with Crippen LogP contribution in [-0.4, -0.2) is 54.2 Å². The van der Waals surface area contributed by atoms with Crippen LogP contribution in [0.25, 0.3) is 0 Å². The van der Waals surface area contributed by atoms with Gasteiger partial charge in [-0.25, -0.2) is 0 Å². The van der Waals surface area contributed by atoms with Crippen LogP contribution in [0.3, 0.4) is 0 Å². The van der Waals surface area contributed by atoms with Crippen LogP contribution in [0.5, 0.6) is 0 Å². The molecular formula is C15H23N2O2Y-. The monoisotopic (exact) mass is 352 g/mol. The third-order valence-corrected chi connectivity index (χ3v) is 3.49. The predicted octanol–water partition coefficient (Wildman–Crippen LogP) is 1.11. The molecule has 1 rings (SSSR count). The number of Topliss-reactive ketones (excluding diaryl/α,β-unsaturated/α-hetero) is 1. The second kappa shape index (κ2) is 10.5. The molecule has 0 aromatic heterocycles. The van der Waals surface area contributed by atoms with Gasteiger partial charge in [-0.2, -0.15) is 0 Å². The molecule has 109 valence electrons. The number of hydrogen-bond donors (Lipinski definition) is 0. The minimum atomic E-state index is 0. The summed E-state index contributed by atoms with van der Waals surface area (Å²) >= 11 is 0. The van der Waals surface area contributed by atoms with Gasteiger partial charge in [-0.1, -0.05) is 13.8 Å². The van der Waals surface area contributed by atoms with Gasteiger partial charge in [-0.05, 0) is 6.42 Å². The summed E-state index contributed by atoms with van der Waals surface area (Å²) in [6.45, 7) is 7.39. The Labute approximate surface area is 147 Å². The molecule has 1 heterocycles. The van der Waals surface area contributed by atoms with E-state index < -0.39 is 0 Å². The first kappa shape index (κ1) is 19.8. The summed E-state index contributed by atoms with van der Waals surface area (Å²) in [5.41, 5.74) is 0. The third-order valence-electron chi connectivity index (χ3n) is 3.49. The average molecular weight is 352 g/mol. The molecule has 0 bridgehead atoms. The van der Waals surface area contributed by atoms with Crippen LogP contribution in [0.15, 0.2) is 0 Å². The van der Waals surface area contributed by atoms with E-state index in [1.165, 1.54) is 0 Å². The molecule has 1 aliphatic rings. The summed E-state index contributed by atoms with van der Waals surface area (Å²) in [5, 5.41) is 0. The van der Waals surface area contributed by atoms with Crippen LogP contribution in [0.2, 0.25) is 0 Å². The molecule has 0 aromatic rings. The fourth-order valence-corrected chi connectivity index (χ4v) is 2.13. The SMILES string of the molecule is [C-]#CCN1CCN(C(=O)CCCC(=O)C(C)C)CC1.[Y]. The Hall–Kier alpha value is -0.236. The first-order valence-electron chi connectivity index (χ1n) is 6.97. The molecule has 0 aliphatic carbocycles. The van der Waals surface area contributed by atoms with E-state index in [0.717, 1.165) is 26.2 Å². The van der Waals surface area contributed by atoms with E-state index >= 15 is 0 Å². The van der Waals surface area contributed by atoms with Crippen LogP contribution in [0.4, 0.5) is 0 Å². The number of ketones is 1. The number of carbonyl (C=O) groups excluding carboxylic acids is 2. The number of nitrogens with zero attached hydrogens (tertiary/aromatic N) is 2. The molecule has 0 saturated carbocycles. The Kier molecular flexibility index (Phi) is 10.4. The largest absolute Gasteiger partial charge is 0.692 e. The molecule has 0 spiro atoms. The summed E-state index contributed by atoms with van der Waals surface area (Å²) < 4.78 is 0. The standard InChI is InChI=1S/C15H23N2O2.Y/c1-4-8-16-9-11-17(12-10-16)15(19)7-5-6-14(18)13(2)3;/h13H,5-12H2,2-3H3;/q-1;. The molecule has 1 amide bonds. The average Bonchev–Trinajstić information content (AvgIpc) is 2.39. The van der Waals surface area contributed by atoms with Crippen LogP contribution in [0.1, 0.15) is 33.1 Å². The van der Waals surface area contributed by atoms with E-state index in [4.69, 9.17) is 6.42 Å². The van der Waals surface area contributed by atoms with E-state index in [-0.39, 0.29) is 50.3 Å². The normalized spacial score (nSPS) is 15.6. The van der Waals surface area contributed by atoms with Crippen molar-refractivity contribution in [1.29, 1.82) is 0 Å². The topological polar surface area (TPSA) is 40.6 Å². The Morgan fingerprint density at radius 1 is 1.15 bits per heavy atom. The van der Waals surface area contributed by atoms with Gasteiger partial charge in [0.05, 0.1) is 0 Å². The Morgan fingerprint density at radius 3 is 2.25 bits per heavy atom. The summed E-state index contributed by atoms with van der Waals surface area (Å²) in [4.78, 5) is 27.4. The van der Waals surface area contributed by atoms with E-state index in [0.29, 0.717) is 25.8 Å². The molecule has 1 radical (unpaired) electrons. The van der Waals surface area contributed by atoms with Gasteiger partial charge in [-0.3, -0.25) is 14.5 Å². The second-order valence-electron chi connectivity index (χ2n) is 5.31. The van der Waals surface area contributed by atoms with Crippen molar-refractivity contribution >= 4 is 11.7 Å². The van der Waals surface area contributed by atoms with Crippen LogP contribution < -0.4 is 0 Å². The van der Waals surface area contributed by atoms with Gasteiger partial charge < -0.3 is 17.2 Å². The van der Waals surface area contributed by atoms with Gasteiger partial charge in [0, 0.05) is 84.2 Å². The quantitative estimate of drug-likeness (QED) is 0.531. The first-order valence-corrected chi connectivity index (χ1v) is 6.97. The summed E-state index contributed by atoms with van der Waals surface area (Å²) in [5.74, 6) is 2.82. The minimum absolute atomic E-state index is 0. The van der Waals surface area contributed by atoms with Gasteiger partial charge in [0.15, 0.2) is 0 Å². The van der Waals surface area contributed by atoms with Crippen molar-refractivity contribution in [3.05, 3.63) is 6.42 Å².